The topological polar surface area (TPSA) is 51.2 Å². The monoisotopic (exact) mass is 354 g/mol. The first kappa shape index (κ1) is 16.5. The number of thioether (sulfide) groups is 1. The SMILES string of the molecule is O=C(NC1CCCc2ccccc21)c1ccnc(OC2CCSC2)c1. The number of ether oxygens (including phenoxy) is 1. The van der Waals surface area contributed by atoms with Gasteiger partial charge in [-0.05, 0) is 48.6 Å². The molecule has 2 heterocycles. The third-order valence-corrected chi connectivity index (χ3v) is 5.98. The van der Waals surface area contributed by atoms with Gasteiger partial charge >= 0.3 is 0 Å². The van der Waals surface area contributed by atoms with Gasteiger partial charge in [0.1, 0.15) is 6.10 Å². The minimum absolute atomic E-state index is 0.0604. The zero-order chi connectivity index (χ0) is 17.1. The minimum atomic E-state index is -0.0604. The molecule has 1 N–H and O–H groups in total. The van der Waals surface area contributed by atoms with Gasteiger partial charge in [-0.25, -0.2) is 4.98 Å². The first-order valence-corrected chi connectivity index (χ1v) is 10.0. The lowest BCUT2D eigenvalue weighted by atomic mass is 9.87. The zero-order valence-electron chi connectivity index (χ0n) is 14.1. The third-order valence-electron chi connectivity index (χ3n) is 4.85. The van der Waals surface area contributed by atoms with Crippen LogP contribution in [0.4, 0.5) is 0 Å². The fourth-order valence-corrected chi connectivity index (χ4v) is 4.63. The zero-order valence-corrected chi connectivity index (χ0v) is 14.9. The molecule has 1 aliphatic heterocycles. The summed E-state index contributed by atoms with van der Waals surface area (Å²) in [5.41, 5.74) is 3.20. The van der Waals surface area contributed by atoms with Crippen LogP contribution in [0.2, 0.25) is 0 Å². The van der Waals surface area contributed by atoms with Gasteiger partial charge in [-0.15, -0.1) is 0 Å². The molecule has 1 amide bonds. The van der Waals surface area contributed by atoms with Crippen LogP contribution in [0.3, 0.4) is 0 Å². The molecule has 25 heavy (non-hydrogen) atoms. The number of nitrogens with zero attached hydrogens (tertiary/aromatic N) is 1. The molecule has 1 fully saturated rings. The van der Waals surface area contributed by atoms with E-state index in [4.69, 9.17) is 4.74 Å². The van der Waals surface area contributed by atoms with E-state index >= 15 is 0 Å². The molecule has 1 aromatic carbocycles. The number of rotatable bonds is 4. The lowest BCUT2D eigenvalue weighted by Crippen LogP contribution is -2.31. The van der Waals surface area contributed by atoms with Gasteiger partial charge < -0.3 is 10.1 Å². The number of nitrogens with one attached hydrogen (secondary N) is 1. The first-order chi connectivity index (χ1) is 12.3. The predicted molar refractivity (Wildman–Crippen MR) is 100 cm³/mol. The number of hydrogen-bond donors (Lipinski definition) is 1. The number of carbonyl (C=O) groups is 1. The van der Waals surface area contributed by atoms with Crippen LogP contribution in [0.5, 0.6) is 5.88 Å². The Morgan fingerprint density at radius 2 is 2.16 bits per heavy atom. The maximum Gasteiger partial charge on any atom is 0.252 e. The van der Waals surface area contributed by atoms with E-state index in [1.807, 2.05) is 17.8 Å². The van der Waals surface area contributed by atoms with E-state index in [0.29, 0.717) is 11.4 Å². The Hall–Kier alpha value is -2.01. The highest BCUT2D eigenvalue weighted by atomic mass is 32.2. The summed E-state index contributed by atoms with van der Waals surface area (Å²) in [6, 6.07) is 12.0. The van der Waals surface area contributed by atoms with E-state index in [1.54, 1.807) is 18.3 Å². The van der Waals surface area contributed by atoms with E-state index < -0.39 is 0 Å². The second-order valence-electron chi connectivity index (χ2n) is 6.60. The maximum absolute atomic E-state index is 12.7. The highest BCUT2D eigenvalue weighted by Gasteiger charge is 2.22. The van der Waals surface area contributed by atoms with Gasteiger partial charge in [-0.2, -0.15) is 11.8 Å². The van der Waals surface area contributed by atoms with Crippen molar-refractivity contribution in [1.82, 2.24) is 10.3 Å². The van der Waals surface area contributed by atoms with Crippen molar-refractivity contribution in [1.29, 1.82) is 0 Å². The van der Waals surface area contributed by atoms with Gasteiger partial charge in [0.2, 0.25) is 5.88 Å². The normalized spacial score (nSPS) is 22.2. The molecule has 2 unspecified atom stereocenters. The molecule has 1 aliphatic carbocycles. The minimum Gasteiger partial charge on any atom is -0.473 e. The molecule has 4 rings (SSSR count). The Morgan fingerprint density at radius 3 is 3.04 bits per heavy atom. The average Bonchev–Trinajstić information content (AvgIpc) is 3.15. The lowest BCUT2D eigenvalue weighted by Gasteiger charge is -2.26. The molecule has 2 atom stereocenters. The number of pyridine rings is 1. The highest BCUT2D eigenvalue weighted by molar-refractivity contribution is 7.99. The average molecular weight is 354 g/mol. The Bertz CT molecular complexity index is 759. The smallest absolute Gasteiger partial charge is 0.252 e. The lowest BCUT2D eigenvalue weighted by molar-refractivity contribution is 0.0931. The van der Waals surface area contributed by atoms with Crippen LogP contribution in [0.25, 0.3) is 0 Å². The van der Waals surface area contributed by atoms with E-state index in [2.05, 4.69) is 28.5 Å². The highest BCUT2D eigenvalue weighted by Crippen LogP contribution is 2.30. The summed E-state index contributed by atoms with van der Waals surface area (Å²) in [5.74, 6) is 2.61. The van der Waals surface area contributed by atoms with Crippen molar-refractivity contribution in [3.8, 4) is 5.88 Å². The number of hydrogen-bond acceptors (Lipinski definition) is 4. The predicted octanol–water partition coefficient (Wildman–Crippen LogP) is 3.77. The van der Waals surface area contributed by atoms with Crippen molar-refractivity contribution < 1.29 is 9.53 Å². The summed E-state index contributed by atoms with van der Waals surface area (Å²) < 4.78 is 5.90. The number of fused-ring (bicyclic) bond motifs is 1. The molecule has 0 spiro atoms. The van der Waals surface area contributed by atoms with Gasteiger partial charge in [0, 0.05) is 23.6 Å². The number of amides is 1. The van der Waals surface area contributed by atoms with E-state index in [9.17, 15) is 4.79 Å². The largest absolute Gasteiger partial charge is 0.473 e. The molecule has 130 valence electrons. The number of benzene rings is 1. The molecule has 1 saturated heterocycles. The molecule has 2 aliphatic rings. The summed E-state index contributed by atoms with van der Waals surface area (Å²) in [6.07, 6.45) is 6.08. The fraction of sp³-hybridized carbons (Fsp3) is 0.400. The second-order valence-corrected chi connectivity index (χ2v) is 7.75. The molecule has 5 heteroatoms. The molecule has 1 aromatic heterocycles. The van der Waals surface area contributed by atoms with Crippen molar-refractivity contribution >= 4 is 17.7 Å². The maximum atomic E-state index is 12.7. The van der Waals surface area contributed by atoms with E-state index in [0.717, 1.165) is 37.2 Å². The van der Waals surface area contributed by atoms with Gasteiger partial charge in [-0.1, -0.05) is 24.3 Å². The number of aryl methyl sites for hydroxylation is 1. The van der Waals surface area contributed by atoms with Crippen molar-refractivity contribution in [2.45, 2.75) is 37.8 Å². The summed E-state index contributed by atoms with van der Waals surface area (Å²) in [7, 11) is 0. The molecule has 2 aromatic rings. The van der Waals surface area contributed by atoms with E-state index in [-0.39, 0.29) is 18.1 Å². The van der Waals surface area contributed by atoms with Crippen LogP contribution in [-0.4, -0.2) is 28.5 Å². The molecule has 0 saturated carbocycles. The van der Waals surface area contributed by atoms with Crippen molar-refractivity contribution in [3.05, 3.63) is 59.3 Å². The van der Waals surface area contributed by atoms with Crippen LogP contribution in [0, 0.1) is 0 Å². The van der Waals surface area contributed by atoms with Crippen molar-refractivity contribution in [2.75, 3.05) is 11.5 Å². The van der Waals surface area contributed by atoms with Gasteiger partial charge in [0.15, 0.2) is 0 Å². The quantitative estimate of drug-likeness (QED) is 0.908. The van der Waals surface area contributed by atoms with Crippen LogP contribution in [0.1, 0.15) is 46.8 Å². The molecular formula is C20H22N2O2S. The Morgan fingerprint density at radius 1 is 1.24 bits per heavy atom. The number of carbonyl (C=O) groups excluding carboxylic acids is 1. The van der Waals surface area contributed by atoms with Crippen molar-refractivity contribution in [3.63, 3.8) is 0 Å². The number of aromatic nitrogens is 1. The Kier molecular flexibility index (Phi) is 4.92. The summed E-state index contributed by atoms with van der Waals surface area (Å²) in [6.45, 7) is 0. The Labute approximate surface area is 152 Å². The summed E-state index contributed by atoms with van der Waals surface area (Å²) in [5, 5.41) is 3.19. The molecular weight excluding hydrogens is 332 g/mol. The van der Waals surface area contributed by atoms with Crippen LogP contribution < -0.4 is 10.1 Å². The summed E-state index contributed by atoms with van der Waals surface area (Å²) >= 11 is 1.90. The van der Waals surface area contributed by atoms with E-state index in [1.165, 1.54) is 11.1 Å². The van der Waals surface area contributed by atoms with Gasteiger partial charge in [-0.3, -0.25) is 4.79 Å². The standard InChI is InChI=1S/C20H22N2O2S/c23-20(22-18-7-3-5-14-4-1-2-6-17(14)18)15-8-10-21-19(12-15)24-16-9-11-25-13-16/h1-2,4,6,8,10,12,16,18H,3,5,7,9,11,13H2,(H,22,23). The first-order valence-electron chi connectivity index (χ1n) is 8.89. The van der Waals surface area contributed by atoms with Gasteiger partial charge in [0.05, 0.1) is 6.04 Å². The van der Waals surface area contributed by atoms with Gasteiger partial charge in [0.25, 0.3) is 5.91 Å². The molecule has 0 bridgehead atoms. The van der Waals surface area contributed by atoms with Crippen LogP contribution in [-0.2, 0) is 6.42 Å². The Balaban J connectivity index is 1.46. The van der Waals surface area contributed by atoms with Crippen molar-refractivity contribution in [2.24, 2.45) is 0 Å². The summed E-state index contributed by atoms with van der Waals surface area (Å²) in [4.78, 5) is 17.0. The van der Waals surface area contributed by atoms with Crippen LogP contribution >= 0.6 is 11.8 Å². The third kappa shape index (κ3) is 3.82. The molecule has 4 nitrogen and oxygen atoms in total. The van der Waals surface area contributed by atoms with Crippen LogP contribution in [0.15, 0.2) is 42.6 Å². The molecule has 0 radical (unpaired) electrons. The fourth-order valence-electron chi connectivity index (χ4n) is 3.54. The second kappa shape index (κ2) is 7.48.